The second-order valence-corrected chi connectivity index (χ2v) is 6.65. The number of aliphatic hydroxyl groups excluding tert-OH is 1. The number of carbonyl (C=O) groups is 2. The summed E-state index contributed by atoms with van der Waals surface area (Å²) in [5.74, 6) is -0.718. The molecule has 3 aromatic rings. The highest BCUT2D eigenvalue weighted by molar-refractivity contribution is 5.96. The van der Waals surface area contributed by atoms with Crippen LogP contribution in [-0.2, 0) is 15.1 Å². The number of hydrogen-bond donors (Lipinski definition) is 2. The van der Waals surface area contributed by atoms with Gasteiger partial charge in [0.2, 0.25) is 0 Å². The number of hydrogen-bond acceptors (Lipinski definition) is 5. The molecule has 1 atom stereocenters. The Morgan fingerprint density at radius 3 is 1.77 bits per heavy atom. The Labute approximate surface area is 175 Å². The molecule has 2 N–H and O–H groups in total. The minimum Gasteiger partial charge on any atom is -0.497 e. The Bertz CT molecular complexity index is 948. The topological polar surface area (TPSA) is 84.9 Å². The number of rotatable bonds is 7. The monoisotopic (exact) mass is 405 g/mol. The quantitative estimate of drug-likeness (QED) is 0.591. The van der Waals surface area contributed by atoms with Gasteiger partial charge < -0.3 is 19.9 Å². The van der Waals surface area contributed by atoms with Gasteiger partial charge in [-0.1, -0.05) is 60.7 Å². The first-order valence-corrected chi connectivity index (χ1v) is 9.36. The molecule has 3 rings (SSSR count). The highest BCUT2D eigenvalue weighted by atomic mass is 16.5. The van der Waals surface area contributed by atoms with Crippen molar-refractivity contribution in [2.45, 2.75) is 11.6 Å². The first kappa shape index (κ1) is 21.1. The molecule has 6 nitrogen and oxygen atoms in total. The van der Waals surface area contributed by atoms with Crippen LogP contribution in [-0.4, -0.2) is 37.3 Å². The lowest BCUT2D eigenvalue weighted by Crippen LogP contribution is -2.57. The number of benzene rings is 3. The van der Waals surface area contributed by atoms with Gasteiger partial charge in [-0.3, -0.25) is 4.79 Å². The third kappa shape index (κ3) is 4.04. The van der Waals surface area contributed by atoms with Gasteiger partial charge in [-0.2, -0.15) is 0 Å². The highest BCUT2D eigenvalue weighted by Crippen LogP contribution is 2.34. The molecule has 0 saturated carbocycles. The normalized spacial score (nSPS) is 12.0. The van der Waals surface area contributed by atoms with Crippen LogP contribution in [0.25, 0.3) is 0 Å². The Hall–Kier alpha value is -3.64. The van der Waals surface area contributed by atoms with E-state index in [0.29, 0.717) is 22.4 Å². The lowest BCUT2D eigenvalue weighted by atomic mass is 9.77. The number of aliphatic hydroxyl groups is 1. The first-order valence-electron chi connectivity index (χ1n) is 9.36. The van der Waals surface area contributed by atoms with Crippen LogP contribution in [0.1, 0.15) is 21.5 Å². The van der Waals surface area contributed by atoms with Gasteiger partial charge in [0.05, 0.1) is 14.2 Å². The van der Waals surface area contributed by atoms with E-state index in [1.165, 1.54) is 14.2 Å². The molecular formula is C24H23NO5. The van der Waals surface area contributed by atoms with Gasteiger partial charge in [0.15, 0.2) is 6.10 Å². The molecule has 0 bridgehead atoms. The number of amides is 1. The summed E-state index contributed by atoms with van der Waals surface area (Å²) in [6.45, 7) is 0. The molecule has 0 aliphatic carbocycles. The maximum Gasteiger partial charge on any atom is 0.337 e. The molecule has 0 saturated heterocycles. The van der Waals surface area contributed by atoms with Crippen molar-refractivity contribution in [3.63, 3.8) is 0 Å². The summed E-state index contributed by atoms with van der Waals surface area (Å²) in [4.78, 5) is 25.7. The van der Waals surface area contributed by atoms with Gasteiger partial charge in [0.25, 0.3) is 5.91 Å². The SMILES string of the molecule is COC(=O)C(O)C(NC(=O)c1ccc(OC)cc1)(c1ccccc1)c1ccccc1. The van der Waals surface area contributed by atoms with Crippen molar-refractivity contribution in [3.8, 4) is 5.75 Å². The third-order valence-corrected chi connectivity index (χ3v) is 4.96. The fraction of sp³-hybridized carbons (Fsp3) is 0.167. The van der Waals surface area contributed by atoms with Crippen LogP contribution in [0.15, 0.2) is 84.9 Å². The Morgan fingerprint density at radius 1 is 0.833 bits per heavy atom. The molecule has 6 heteroatoms. The van der Waals surface area contributed by atoms with Gasteiger partial charge >= 0.3 is 5.97 Å². The summed E-state index contributed by atoms with van der Waals surface area (Å²) < 4.78 is 9.96. The summed E-state index contributed by atoms with van der Waals surface area (Å²) in [5.41, 5.74) is -0.136. The molecule has 0 spiro atoms. The number of nitrogens with one attached hydrogen (secondary N) is 1. The van der Waals surface area contributed by atoms with Crippen LogP contribution < -0.4 is 10.1 Å². The van der Waals surface area contributed by atoms with Gasteiger partial charge in [-0.15, -0.1) is 0 Å². The van der Waals surface area contributed by atoms with E-state index in [1.807, 2.05) is 12.1 Å². The van der Waals surface area contributed by atoms with Crippen LogP contribution >= 0.6 is 0 Å². The molecule has 0 heterocycles. The van der Waals surface area contributed by atoms with E-state index in [0.717, 1.165) is 0 Å². The number of methoxy groups -OCH3 is 2. The first-order chi connectivity index (χ1) is 14.5. The summed E-state index contributed by atoms with van der Waals surface area (Å²) in [6.07, 6.45) is -1.69. The van der Waals surface area contributed by atoms with Gasteiger partial charge in [0, 0.05) is 5.56 Å². The molecule has 0 radical (unpaired) electrons. The Kier molecular flexibility index (Phi) is 6.49. The lowest BCUT2D eigenvalue weighted by Gasteiger charge is -2.38. The van der Waals surface area contributed by atoms with E-state index in [2.05, 4.69) is 5.32 Å². The fourth-order valence-corrected chi connectivity index (χ4v) is 3.38. The number of esters is 1. The molecule has 0 fully saturated rings. The van der Waals surface area contributed by atoms with Crippen molar-refractivity contribution in [2.24, 2.45) is 0 Å². The van der Waals surface area contributed by atoms with Crippen molar-refractivity contribution in [3.05, 3.63) is 102 Å². The van der Waals surface area contributed by atoms with Gasteiger partial charge in [-0.25, -0.2) is 4.79 Å². The van der Waals surface area contributed by atoms with Crippen LogP contribution in [0.2, 0.25) is 0 Å². The minimum atomic E-state index is -1.69. The molecule has 0 aliphatic rings. The lowest BCUT2D eigenvalue weighted by molar-refractivity contribution is -0.154. The fourth-order valence-electron chi connectivity index (χ4n) is 3.38. The van der Waals surface area contributed by atoms with E-state index in [1.54, 1.807) is 72.8 Å². The van der Waals surface area contributed by atoms with Crippen molar-refractivity contribution >= 4 is 11.9 Å². The third-order valence-electron chi connectivity index (χ3n) is 4.96. The summed E-state index contributed by atoms with van der Waals surface area (Å²) in [5, 5.41) is 14.0. The van der Waals surface area contributed by atoms with E-state index < -0.39 is 23.5 Å². The van der Waals surface area contributed by atoms with Crippen LogP contribution in [0.3, 0.4) is 0 Å². The molecule has 30 heavy (non-hydrogen) atoms. The Balaban J connectivity index is 2.16. The van der Waals surface area contributed by atoms with Crippen molar-refractivity contribution in [1.29, 1.82) is 0 Å². The highest BCUT2D eigenvalue weighted by Gasteiger charge is 2.47. The van der Waals surface area contributed by atoms with Crippen molar-refractivity contribution in [2.75, 3.05) is 14.2 Å². The van der Waals surface area contributed by atoms with E-state index in [9.17, 15) is 14.7 Å². The predicted octanol–water partition coefficient (Wildman–Crippen LogP) is 2.90. The number of carbonyl (C=O) groups excluding carboxylic acids is 2. The summed E-state index contributed by atoms with van der Waals surface area (Å²) in [7, 11) is 2.73. The zero-order chi connectivity index (χ0) is 21.6. The van der Waals surface area contributed by atoms with Gasteiger partial charge in [0.1, 0.15) is 11.3 Å². The standard InChI is InChI=1S/C24H23NO5/c1-29-20-15-13-17(14-16-20)22(27)25-24(21(26)23(28)30-2,18-9-5-3-6-10-18)19-11-7-4-8-12-19/h3-16,21,26H,1-2H3,(H,25,27). The van der Waals surface area contributed by atoms with Crippen LogP contribution in [0.5, 0.6) is 5.75 Å². The van der Waals surface area contributed by atoms with Gasteiger partial charge in [-0.05, 0) is 35.4 Å². The van der Waals surface area contributed by atoms with Crippen molar-refractivity contribution in [1.82, 2.24) is 5.32 Å². The van der Waals surface area contributed by atoms with E-state index >= 15 is 0 Å². The molecule has 0 aromatic heterocycles. The van der Waals surface area contributed by atoms with E-state index in [4.69, 9.17) is 9.47 Å². The maximum atomic E-state index is 13.2. The smallest absolute Gasteiger partial charge is 0.337 e. The summed E-state index contributed by atoms with van der Waals surface area (Å²) >= 11 is 0. The Morgan fingerprint density at radius 2 is 1.33 bits per heavy atom. The van der Waals surface area contributed by atoms with Crippen LogP contribution in [0, 0.1) is 0 Å². The average molecular weight is 405 g/mol. The molecule has 1 unspecified atom stereocenters. The largest absolute Gasteiger partial charge is 0.497 e. The van der Waals surface area contributed by atoms with E-state index in [-0.39, 0.29) is 0 Å². The number of ether oxygens (including phenoxy) is 2. The predicted molar refractivity (Wildman–Crippen MR) is 112 cm³/mol. The zero-order valence-electron chi connectivity index (χ0n) is 16.7. The average Bonchev–Trinajstić information content (AvgIpc) is 2.82. The maximum absolute atomic E-state index is 13.2. The second-order valence-electron chi connectivity index (χ2n) is 6.65. The summed E-state index contributed by atoms with van der Waals surface area (Å²) in [6, 6.07) is 24.3. The van der Waals surface area contributed by atoms with Crippen LogP contribution in [0.4, 0.5) is 0 Å². The molecule has 3 aromatic carbocycles. The molecular weight excluding hydrogens is 382 g/mol. The van der Waals surface area contributed by atoms with Crippen molar-refractivity contribution < 1.29 is 24.2 Å². The molecule has 154 valence electrons. The zero-order valence-corrected chi connectivity index (χ0v) is 16.7. The molecule has 0 aliphatic heterocycles. The molecule has 1 amide bonds. The second kappa shape index (κ2) is 9.24. The minimum absolute atomic E-state index is 0.351.